The minimum absolute atomic E-state index is 0.0278. The number of benzene rings is 2. The SMILES string of the molecule is CC(c1cc2ccccc2o1)N(C)Cc1nc2ccccc2[nH]c1=O. The van der Waals surface area contributed by atoms with Gasteiger partial charge in [0.25, 0.3) is 5.56 Å². The molecule has 1 atom stereocenters. The first-order valence-corrected chi connectivity index (χ1v) is 8.28. The van der Waals surface area contributed by atoms with E-state index in [4.69, 9.17) is 4.42 Å². The first-order valence-electron chi connectivity index (χ1n) is 8.28. The number of fused-ring (bicyclic) bond motifs is 2. The van der Waals surface area contributed by atoms with E-state index >= 15 is 0 Å². The number of hydrogen-bond acceptors (Lipinski definition) is 4. The predicted octanol–water partition coefficient (Wildman–Crippen LogP) is 3.86. The first kappa shape index (κ1) is 15.6. The maximum Gasteiger partial charge on any atom is 0.271 e. The van der Waals surface area contributed by atoms with Crippen LogP contribution in [0.15, 0.2) is 63.8 Å². The summed E-state index contributed by atoms with van der Waals surface area (Å²) < 4.78 is 5.94. The maximum absolute atomic E-state index is 12.3. The van der Waals surface area contributed by atoms with E-state index in [0.29, 0.717) is 12.2 Å². The highest BCUT2D eigenvalue weighted by Gasteiger charge is 2.18. The number of para-hydroxylation sites is 3. The van der Waals surface area contributed by atoms with E-state index in [-0.39, 0.29) is 11.6 Å². The summed E-state index contributed by atoms with van der Waals surface area (Å²) in [5.41, 5.74) is 2.78. The molecule has 0 bridgehead atoms. The van der Waals surface area contributed by atoms with Crippen molar-refractivity contribution < 1.29 is 4.42 Å². The standard InChI is InChI=1S/C20H19N3O2/c1-13(19-11-14-7-3-6-10-18(14)25-19)23(2)12-17-20(24)22-16-9-5-4-8-15(16)21-17/h3-11,13H,12H2,1-2H3,(H,22,24). The lowest BCUT2D eigenvalue weighted by molar-refractivity contribution is 0.223. The van der Waals surface area contributed by atoms with Crippen molar-refractivity contribution >= 4 is 22.0 Å². The molecule has 0 aliphatic carbocycles. The van der Waals surface area contributed by atoms with E-state index in [1.54, 1.807) is 0 Å². The second kappa shape index (κ2) is 6.18. The number of hydrogen-bond donors (Lipinski definition) is 1. The van der Waals surface area contributed by atoms with E-state index in [9.17, 15) is 4.79 Å². The second-order valence-corrected chi connectivity index (χ2v) is 6.31. The molecule has 1 N–H and O–H groups in total. The summed E-state index contributed by atoms with van der Waals surface area (Å²) in [6.45, 7) is 2.51. The number of aromatic nitrogens is 2. The van der Waals surface area contributed by atoms with Gasteiger partial charge in [-0.1, -0.05) is 30.3 Å². The van der Waals surface area contributed by atoms with E-state index in [1.807, 2.05) is 55.6 Å². The van der Waals surface area contributed by atoms with Gasteiger partial charge in [0.05, 0.1) is 17.1 Å². The Labute approximate surface area is 144 Å². The third kappa shape index (κ3) is 2.94. The van der Waals surface area contributed by atoms with Crippen molar-refractivity contribution in [3.05, 3.63) is 76.4 Å². The van der Waals surface area contributed by atoms with Crippen molar-refractivity contribution in [3.63, 3.8) is 0 Å². The Morgan fingerprint density at radius 1 is 1.16 bits per heavy atom. The predicted molar refractivity (Wildman–Crippen MR) is 98.5 cm³/mol. The zero-order chi connectivity index (χ0) is 17.4. The van der Waals surface area contributed by atoms with Gasteiger partial charge in [0, 0.05) is 11.9 Å². The summed E-state index contributed by atoms with van der Waals surface area (Å²) in [7, 11) is 1.97. The topological polar surface area (TPSA) is 62.1 Å². The lowest BCUT2D eigenvalue weighted by atomic mass is 10.2. The fourth-order valence-electron chi connectivity index (χ4n) is 2.97. The summed E-state index contributed by atoms with van der Waals surface area (Å²) in [6.07, 6.45) is 0. The van der Waals surface area contributed by atoms with Crippen LogP contribution in [0.5, 0.6) is 0 Å². The van der Waals surface area contributed by atoms with Gasteiger partial charge in [0.2, 0.25) is 0 Å². The Kier molecular flexibility index (Phi) is 3.86. The summed E-state index contributed by atoms with van der Waals surface area (Å²) in [4.78, 5) is 21.8. The van der Waals surface area contributed by atoms with Crippen LogP contribution < -0.4 is 5.56 Å². The van der Waals surface area contributed by atoms with Gasteiger partial charge in [-0.3, -0.25) is 9.69 Å². The molecule has 2 aromatic heterocycles. The summed E-state index contributed by atoms with van der Waals surface area (Å²) in [5.74, 6) is 0.876. The van der Waals surface area contributed by atoms with Crippen molar-refractivity contribution in [2.24, 2.45) is 0 Å². The zero-order valence-electron chi connectivity index (χ0n) is 14.2. The lowest BCUT2D eigenvalue weighted by Gasteiger charge is -2.22. The van der Waals surface area contributed by atoms with Crippen LogP contribution in [-0.2, 0) is 6.54 Å². The molecule has 5 heteroatoms. The minimum Gasteiger partial charge on any atom is -0.459 e. The monoisotopic (exact) mass is 333 g/mol. The molecule has 0 radical (unpaired) electrons. The molecule has 1 unspecified atom stereocenters. The molecule has 25 heavy (non-hydrogen) atoms. The summed E-state index contributed by atoms with van der Waals surface area (Å²) in [5, 5.41) is 1.08. The molecular formula is C20H19N3O2. The number of nitrogens with one attached hydrogen (secondary N) is 1. The van der Waals surface area contributed by atoms with Crippen LogP contribution in [0.4, 0.5) is 0 Å². The maximum atomic E-state index is 12.3. The Morgan fingerprint density at radius 3 is 2.76 bits per heavy atom. The smallest absolute Gasteiger partial charge is 0.271 e. The largest absolute Gasteiger partial charge is 0.459 e. The molecule has 0 fully saturated rings. The van der Waals surface area contributed by atoms with E-state index in [1.165, 1.54) is 0 Å². The van der Waals surface area contributed by atoms with E-state index in [2.05, 4.69) is 27.9 Å². The third-order valence-corrected chi connectivity index (χ3v) is 4.59. The van der Waals surface area contributed by atoms with Crippen LogP contribution in [0.1, 0.15) is 24.4 Å². The fraction of sp³-hybridized carbons (Fsp3) is 0.200. The van der Waals surface area contributed by atoms with Gasteiger partial charge in [-0.2, -0.15) is 0 Å². The molecule has 0 aliphatic rings. The number of H-pyrrole nitrogens is 1. The fourth-order valence-corrected chi connectivity index (χ4v) is 2.97. The average Bonchev–Trinajstić information content (AvgIpc) is 3.05. The molecule has 0 saturated heterocycles. The minimum atomic E-state index is -0.151. The average molecular weight is 333 g/mol. The van der Waals surface area contributed by atoms with Gasteiger partial charge in [-0.25, -0.2) is 4.98 Å². The normalized spacial score (nSPS) is 12.9. The Bertz CT molecular complexity index is 1060. The molecule has 0 aliphatic heterocycles. The van der Waals surface area contributed by atoms with Crippen molar-refractivity contribution in [2.75, 3.05) is 7.05 Å². The number of aromatic amines is 1. The van der Waals surface area contributed by atoms with Crippen molar-refractivity contribution in [1.82, 2.24) is 14.9 Å². The molecule has 2 heterocycles. The lowest BCUT2D eigenvalue weighted by Crippen LogP contribution is -2.27. The van der Waals surface area contributed by atoms with Crippen LogP contribution >= 0.6 is 0 Å². The molecule has 5 nitrogen and oxygen atoms in total. The van der Waals surface area contributed by atoms with Gasteiger partial charge < -0.3 is 9.40 Å². The number of nitrogens with zero attached hydrogens (tertiary/aromatic N) is 2. The first-order chi connectivity index (χ1) is 12.1. The molecule has 126 valence electrons. The summed E-state index contributed by atoms with van der Waals surface area (Å²) in [6, 6.07) is 17.6. The van der Waals surface area contributed by atoms with Crippen LogP contribution in [0.25, 0.3) is 22.0 Å². The van der Waals surface area contributed by atoms with Crippen LogP contribution in [0, 0.1) is 0 Å². The molecule has 0 amide bonds. The molecule has 4 aromatic rings. The Morgan fingerprint density at radius 2 is 1.92 bits per heavy atom. The van der Waals surface area contributed by atoms with Crippen molar-refractivity contribution in [1.29, 1.82) is 0 Å². The highest BCUT2D eigenvalue weighted by molar-refractivity contribution is 5.77. The Balaban J connectivity index is 1.61. The molecule has 0 spiro atoms. The van der Waals surface area contributed by atoms with Gasteiger partial charge >= 0.3 is 0 Å². The number of rotatable bonds is 4. The third-order valence-electron chi connectivity index (χ3n) is 4.59. The zero-order valence-corrected chi connectivity index (χ0v) is 14.2. The highest BCUT2D eigenvalue weighted by atomic mass is 16.3. The van der Waals surface area contributed by atoms with Gasteiger partial charge in [-0.15, -0.1) is 0 Å². The highest BCUT2D eigenvalue weighted by Crippen LogP contribution is 2.27. The van der Waals surface area contributed by atoms with Gasteiger partial charge in [-0.05, 0) is 38.2 Å². The molecular weight excluding hydrogens is 314 g/mol. The molecule has 2 aromatic carbocycles. The van der Waals surface area contributed by atoms with Gasteiger partial charge in [0.15, 0.2) is 0 Å². The number of furan rings is 1. The molecule has 0 saturated carbocycles. The van der Waals surface area contributed by atoms with E-state index in [0.717, 1.165) is 27.8 Å². The second-order valence-electron chi connectivity index (χ2n) is 6.31. The van der Waals surface area contributed by atoms with Gasteiger partial charge in [0.1, 0.15) is 17.0 Å². The molecule has 4 rings (SSSR count). The quantitative estimate of drug-likeness (QED) is 0.616. The summed E-state index contributed by atoms with van der Waals surface area (Å²) >= 11 is 0. The van der Waals surface area contributed by atoms with Crippen LogP contribution in [0.2, 0.25) is 0 Å². The van der Waals surface area contributed by atoms with Crippen molar-refractivity contribution in [3.8, 4) is 0 Å². The van der Waals surface area contributed by atoms with Crippen LogP contribution in [0.3, 0.4) is 0 Å². The van der Waals surface area contributed by atoms with E-state index < -0.39 is 0 Å². The Hall–Kier alpha value is -2.92. The van der Waals surface area contributed by atoms with Crippen molar-refractivity contribution in [2.45, 2.75) is 19.5 Å². The van der Waals surface area contributed by atoms with Crippen LogP contribution in [-0.4, -0.2) is 21.9 Å².